The number of urea groups is 1. The third-order valence-corrected chi connectivity index (χ3v) is 6.29. The zero-order valence-corrected chi connectivity index (χ0v) is 20.0. The highest BCUT2D eigenvalue weighted by atomic mass is 16.5. The Labute approximate surface area is 203 Å². The van der Waals surface area contributed by atoms with E-state index >= 15 is 0 Å². The largest absolute Gasteiger partial charge is 0.441 e. The number of pyridine rings is 1. The number of imidazole rings is 1. The fourth-order valence-corrected chi connectivity index (χ4v) is 4.60. The predicted octanol–water partition coefficient (Wildman–Crippen LogP) is 2.75. The first-order chi connectivity index (χ1) is 17.0. The van der Waals surface area contributed by atoms with Crippen LogP contribution in [-0.4, -0.2) is 63.9 Å². The second kappa shape index (κ2) is 11.2. The second-order valence-electron chi connectivity index (χ2n) is 8.58. The molecule has 0 bridgehead atoms. The van der Waals surface area contributed by atoms with Crippen LogP contribution >= 0.6 is 0 Å². The van der Waals surface area contributed by atoms with Crippen molar-refractivity contribution in [3.05, 3.63) is 30.1 Å². The molecule has 1 saturated heterocycles. The molecule has 0 unspecified atom stereocenters. The van der Waals surface area contributed by atoms with Gasteiger partial charge in [-0.1, -0.05) is 18.2 Å². The van der Waals surface area contributed by atoms with Gasteiger partial charge in [0.1, 0.15) is 11.3 Å². The Balaban J connectivity index is 1.56. The molecule has 3 amide bonds. The number of fused-ring (bicyclic) bond motifs is 3. The minimum Gasteiger partial charge on any atom is -0.441 e. The fraction of sp³-hybridized carbons (Fsp3) is 0.500. The third-order valence-electron chi connectivity index (χ3n) is 6.29. The van der Waals surface area contributed by atoms with Crippen LogP contribution in [0.15, 0.2) is 24.3 Å². The Morgan fingerprint density at radius 2 is 2.00 bits per heavy atom. The Morgan fingerprint density at radius 3 is 2.74 bits per heavy atom. The van der Waals surface area contributed by atoms with Crippen molar-refractivity contribution in [2.45, 2.75) is 51.8 Å². The predicted molar refractivity (Wildman–Crippen MR) is 133 cm³/mol. The van der Waals surface area contributed by atoms with Gasteiger partial charge in [0.25, 0.3) is 0 Å². The number of unbranched alkanes of at least 4 members (excludes halogenated alkanes) is 1. The van der Waals surface area contributed by atoms with Gasteiger partial charge in [-0.25, -0.2) is 19.6 Å². The number of ether oxygens (including phenoxy) is 2. The summed E-state index contributed by atoms with van der Waals surface area (Å²) in [5, 5.41) is 3.55. The van der Waals surface area contributed by atoms with Gasteiger partial charge >= 0.3 is 12.1 Å². The van der Waals surface area contributed by atoms with E-state index in [0.717, 1.165) is 42.1 Å². The number of rotatable bonds is 9. The number of nitrogens with one attached hydrogen (secondary N) is 1. The summed E-state index contributed by atoms with van der Waals surface area (Å²) >= 11 is 0. The second-order valence-corrected chi connectivity index (χ2v) is 8.58. The molecule has 11 nitrogen and oxygen atoms in total. The molecular weight excluding hydrogens is 450 g/mol. The van der Waals surface area contributed by atoms with Gasteiger partial charge in [0.05, 0.1) is 11.0 Å². The molecule has 3 heterocycles. The first kappa shape index (κ1) is 24.5. The average Bonchev–Trinajstić information content (AvgIpc) is 3.22. The summed E-state index contributed by atoms with van der Waals surface area (Å²) in [5.74, 6) is 0.920. The van der Waals surface area contributed by atoms with Crippen molar-refractivity contribution < 1.29 is 19.1 Å². The van der Waals surface area contributed by atoms with Gasteiger partial charge in [0, 0.05) is 44.3 Å². The van der Waals surface area contributed by atoms with Crippen molar-refractivity contribution >= 4 is 39.9 Å². The molecule has 2 aromatic heterocycles. The maximum absolute atomic E-state index is 12.1. The molecule has 0 aliphatic carbocycles. The van der Waals surface area contributed by atoms with Crippen molar-refractivity contribution in [1.29, 1.82) is 0 Å². The normalized spacial score (nSPS) is 14.3. The van der Waals surface area contributed by atoms with Gasteiger partial charge in [0.15, 0.2) is 12.4 Å². The quantitative estimate of drug-likeness (QED) is 0.396. The number of primary amides is 1. The summed E-state index contributed by atoms with van der Waals surface area (Å²) < 4.78 is 12.8. The van der Waals surface area contributed by atoms with Crippen LogP contribution in [0.25, 0.3) is 21.9 Å². The number of alkyl carbamates (subject to hydrolysis) is 1. The average molecular weight is 484 g/mol. The van der Waals surface area contributed by atoms with Crippen LogP contribution in [-0.2, 0) is 22.6 Å². The number of hydrogen-bond acceptors (Lipinski definition) is 7. The van der Waals surface area contributed by atoms with E-state index in [2.05, 4.69) is 15.3 Å². The standard InChI is InChI=1S/C24H33N7O4/c1-2-27-24(33)35-15-19-29-20-21(17-7-3-4-8-18(17)28-22(20)25)31(19)12-6-5-11-30(23(26)32)16-9-13-34-14-10-16/h3-4,7-8,16H,2,5-6,9-15H2,1H3,(H2,25,28)(H2,26,32)(H,27,33). The summed E-state index contributed by atoms with van der Waals surface area (Å²) in [5.41, 5.74) is 14.1. The zero-order valence-electron chi connectivity index (χ0n) is 20.0. The van der Waals surface area contributed by atoms with Gasteiger partial charge in [-0.15, -0.1) is 0 Å². The molecule has 3 aromatic rings. The molecule has 1 aliphatic rings. The molecule has 0 spiro atoms. The van der Waals surface area contributed by atoms with Crippen LogP contribution in [0.5, 0.6) is 0 Å². The van der Waals surface area contributed by atoms with Gasteiger partial charge in [-0.2, -0.15) is 0 Å². The lowest BCUT2D eigenvalue weighted by atomic mass is 10.1. The van der Waals surface area contributed by atoms with Crippen LogP contribution in [0.1, 0.15) is 38.4 Å². The topological polar surface area (TPSA) is 151 Å². The number of benzene rings is 1. The maximum atomic E-state index is 12.1. The van der Waals surface area contributed by atoms with E-state index in [1.54, 1.807) is 4.90 Å². The molecule has 11 heteroatoms. The Bertz CT molecular complexity index is 1190. The molecule has 5 N–H and O–H groups in total. The van der Waals surface area contributed by atoms with Crippen LogP contribution in [0.2, 0.25) is 0 Å². The summed E-state index contributed by atoms with van der Waals surface area (Å²) in [4.78, 5) is 34.9. The van der Waals surface area contributed by atoms with Gasteiger partial charge in [-0.3, -0.25) is 0 Å². The van der Waals surface area contributed by atoms with Crippen molar-refractivity contribution in [2.24, 2.45) is 5.73 Å². The van der Waals surface area contributed by atoms with Crippen LogP contribution in [0.3, 0.4) is 0 Å². The zero-order chi connectivity index (χ0) is 24.8. The number of nitrogens with two attached hydrogens (primary N) is 2. The van der Waals surface area contributed by atoms with Crippen LogP contribution < -0.4 is 16.8 Å². The molecule has 188 valence electrons. The number of hydrogen-bond donors (Lipinski definition) is 3. The SMILES string of the molecule is CCNC(=O)OCc1nc2c(N)nc3ccccc3c2n1CCCCN(C(N)=O)C1CCOCC1. The molecule has 0 saturated carbocycles. The van der Waals surface area contributed by atoms with E-state index in [1.165, 1.54) is 0 Å². The van der Waals surface area contributed by atoms with E-state index < -0.39 is 12.1 Å². The first-order valence-electron chi connectivity index (χ1n) is 12.1. The highest BCUT2D eigenvalue weighted by Crippen LogP contribution is 2.29. The molecule has 1 fully saturated rings. The summed E-state index contributed by atoms with van der Waals surface area (Å²) in [6.45, 7) is 4.77. The van der Waals surface area contributed by atoms with Gasteiger partial charge in [0.2, 0.25) is 0 Å². The summed E-state index contributed by atoms with van der Waals surface area (Å²) in [7, 11) is 0. The number of aryl methyl sites for hydroxylation is 1. The number of anilines is 1. The van der Waals surface area contributed by atoms with Crippen molar-refractivity contribution in [3.63, 3.8) is 0 Å². The molecule has 35 heavy (non-hydrogen) atoms. The molecular formula is C24H33N7O4. The molecule has 1 aromatic carbocycles. The number of aromatic nitrogens is 3. The minimum atomic E-state index is -0.504. The molecule has 4 rings (SSSR count). The van der Waals surface area contributed by atoms with E-state index in [-0.39, 0.29) is 12.6 Å². The monoisotopic (exact) mass is 483 g/mol. The first-order valence-corrected chi connectivity index (χ1v) is 12.1. The lowest BCUT2D eigenvalue weighted by Gasteiger charge is -2.33. The highest BCUT2D eigenvalue weighted by Gasteiger charge is 2.24. The fourth-order valence-electron chi connectivity index (χ4n) is 4.60. The smallest absolute Gasteiger partial charge is 0.407 e. The summed E-state index contributed by atoms with van der Waals surface area (Å²) in [6.07, 6.45) is 2.62. The maximum Gasteiger partial charge on any atom is 0.407 e. The van der Waals surface area contributed by atoms with Gasteiger partial charge in [-0.05, 0) is 38.7 Å². The third kappa shape index (κ3) is 5.56. The molecule has 1 aliphatic heterocycles. The van der Waals surface area contributed by atoms with E-state index in [4.69, 9.17) is 20.9 Å². The number of nitrogen functional groups attached to an aromatic ring is 1. The Morgan fingerprint density at radius 1 is 1.23 bits per heavy atom. The van der Waals surface area contributed by atoms with E-state index in [1.807, 2.05) is 35.8 Å². The van der Waals surface area contributed by atoms with Crippen LogP contribution in [0.4, 0.5) is 15.4 Å². The number of carbonyl (C=O) groups is 2. The number of nitrogens with zero attached hydrogens (tertiary/aromatic N) is 4. The summed E-state index contributed by atoms with van der Waals surface area (Å²) in [6, 6.07) is 7.47. The number of carbonyl (C=O) groups excluding carboxylic acids is 2. The van der Waals surface area contributed by atoms with Crippen molar-refractivity contribution in [1.82, 2.24) is 24.8 Å². The van der Waals surface area contributed by atoms with Crippen molar-refractivity contribution in [2.75, 3.05) is 32.0 Å². The minimum absolute atomic E-state index is 0.00374. The number of para-hydroxylation sites is 1. The molecule has 0 radical (unpaired) electrons. The lowest BCUT2D eigenvalue weighted by Crippen LogP contribution is -2.46. The highest BCUT2D eigenvalue weighted by molar-refractivity contribution is 6.06. The lowest BCUT2D eigenvalue weighted by molar-refractivity contribution is 0.0468. The van der Waals surface area contributed by atoms with Gasteiger partial charge < -0.3 is 35.7 Å². The van der Waals surface area contributed by atoms with E-state index in [0.29, 0.717) is 50.0 Å². The van der Waals surface area contributed by atoms with Crippen molar-refractivity contribution in [3.8, 4) is 0 Å². The Kier molecular flexibility index (Phi) is 7.86. The van der Waals surface area contributed by atoms with Crippen LogP contribution in [0, 0.1) is 0 Å². The molecule has 0 atom stereocenters. The number of amides is 3. The van der Waals surface area contributed by atoms with E-state index in [9.17, 15) is 9.59 Å². The Hall–Kier alpha value is -3.60.